The third kappa shape index (κ3) is 4.35. The maximum absolute atomic E-state index is 12.1. The van der Waals surface area contributed by atoms with Crippen molar-refractivity contribution in [2.45, 2.75) is 0 Å². The summed E-state index contributed by atoms with van der Waals surface area (Å²) in [6, 6.07) is 16.9. The summed E-state index contributed by atoms with van der Waals surface area (Å²) in [5.41, 5.74) is 0. The first-order valence-electron chi connectivity index (χ1n) is 6.39. The first kappa shape index (κ1) is 15.1. The number of nitrogens with one attached hydrogen (secondary N) is 1. The minimum absolute atomic E-state index is 0.358. The number of aromatic nitrogens is 2. The van der Waals surface area contributed by atoms with Crippen molar-refractivity contribution in [1.29, 1.82) is 0 Å². The Hall–Kier alpha value is -2.29. The lowest BCUT2D eigenvalue weighted by Gasteiger charge is -2.23. The van der Waals surface area contributed by atoms with E-state index in [2.05, 4.69) is 9.97 Å². The van der Waals surface area contributed by atoms with Gasteiger partial charge in [-0.25, -0.2) is 4.98 Å². The van der Waals surface area contributed by atoms with Crippen molar-refractivity contribution in [3.8, 4) is 0 Å². The van der Waals surface area contributed by atoms with E-state index < -0.39 is 7.37 Å². The molecule has 3 aromatic rings. The zero-order valence-electron chi connectivity index (χ0n) is 11.3. The number of hydrogen-bond acceptors (Lipinski definition) is 3. The largest absolute Gasteiger partial charge is 0.793 e. The van der Waals surface area contributed by atoms with Crippen LogP contribution in [0.3, 0.4) is 0 Å². The highest BCUT2D eigenvalue weighted by Crippen LogP contribution is 2.32. The third-order valence-electron chi connectivity index (χ3n) is 2.71. The number of hydrogen-bond donors (Lipinski definition) is 0. The standard InChI is InChI=1S/C12H11O2P.C4H4N2/c13-15(14,11-7-3-1-4-8-11)12-9-5-2-6-10-12;1-2-6-4-3-5-1/h1-10H,(H,13,14);1-4H. The average Bonchev–Trinajstić information content (AvgIpc) is 2.59. The van der Waals surface area contributed by atoms with Crippen molar-refractivity contribution >= 4 is 18.0 Å². The molecule has 0 saturated heterocycles. The molecule has 0 unspecified atom stereocenters. The van der Waals surface area contributed by atoms with Crippen molar-refractivity contribution in [2.75, 3.05) is 0 Å². The molecule has 1 heterocycles. The smallest absolute Gasteiger partial charge is 0.185 e. The monoisotopic (exact) mass is 298 g/mol. The van der Waals surface area contributed by atoms with E-state index in [-0.39, 0.29) is 0 Å². The van der Waals surface area contributed by atoms with Gasteiger partial charge in [-0.2, -0.15) is 0 Å². The molecule has 5 heteroatoms. The van der Waals surface area contributed by atoms with Crippen LogP contribution >= 0.6 is 7.37 Å². The lowest BCUT2D eigenvalue weighted by Crippen LogP contribution is -2.24. The fraction of sp³-hybridized carbons (Fsp3) is 0. The number of nitrogens with zero attached hydrogens (tertiary/aromatic N) is 1. The minimum atomic E-state index is -3.65. The van der Waals surface area contributed by atoms with Gasteiger partial charge in [0.15, 0.2) is 12.4 Å². The summed E-state index contributed by atoms with van der Waals surface area (Å²) in [5.74, 6) is 0. The SMILES string of the molecule is O=P([O-])(c1ccccc1)c1ccccc1.c1c[nH+]ccn1. The topological polar surface area (TPSA) is 67.2 Å². The van der Waals surface area contributed by atoms with Gasteiger partial charge in [-0.15, -0.1) is 0 Å². The Labute approximate surface area is 123 Å². The summed E-state index contributed by atoms with van der Waals surface area (Å²) < 4.78 is 12.1. The van der Waals surface area contributed by atoms with Crippen molar-refractivity contribution in [1.82, 2.24) is 4.98 Å². The molecule has 0 amide bonds. The highest BCUT2D eigenvalue weighted by Gasteiger charge is 2.12. The molecule has 106 valence electrons. The lowest BCUT2D eigenvalue weighted by atomic mass is 10.4. The number of aromatic amines is 1. The quantitative estimate of drug-likeness (QED) is 0.667. The van der Waals surface area contributed by atoms with Gasteiger partial charge in [0.25, 0.3) is 0 Å². The Bertz CT molecular complexity index is 621. The number of benzene rings is 2. The minimum Gasteiger partial charge on any atom is -0.793 e. The van der Waals surface area contributed by atoms with Crippen LogP contribution in [-0.2, 0) is 4.57 Å². The van der Waals surface area contributed by atoms with Crippen molar-refractivity contribution in [3.63, 3.8) is 0 Å². The third-order valence-corrected chi connectivity index (χ3v) is 4.66. The predicted molar refractivity (Wildman–Crippen MR) is 80.6 cm³/mol. The van der Waals surface area contributed by atoms with Crippen LogP contribution in [-0.4, -0.2) is 4.98 Å². The van der Waals surface area contributed by atoms with Crippen LogP contribution in [0.1, 0.15) is 0 Å². The highest BCUT2D eigenvalue weighted by molar-refractivity contribution is 7.72. The molecule has 1 N–H and O–H groups in total. The molecule has 2 aromatic carbocycles. The van der Waals surface area contributed by atoms with E-state index in [1.54, 1.807) is 85.5 Å². The molecule has 1 aromatic heterocycles. The Balaban J connectivity index is 0.000000225. The molecule has 0 bridgehead atoms. The predicted octanol–water partition coefficient (Wildman–Crippen LogP) is 1.17. The second kappa shape index (κ2) is 7.48. The summed E-state index contributed by atoms with van der Waals surface area (Å²) in [6.45, 7) is 0. The van der Waals surface area contributed by atoms with Gasteiger partial charge in [-0.1, -0.05) is 60.7 Å². The Kier molecular flexibility index (Phi) is 5.38. The van der Waals surface area contributed by atoms with E-state index in [0.29, 0.717) is 10.6 Å². The maximum Gasteiger partial charge on any atom is 0.185 e. The Morgan fingerprint density at radius 3 is 1.52 bits per heavy atom. The van der Waals surface area contributed by atoms with Gasteiger partial charge >= 0.3 is 0 Å². The second-order valence-corrected chi connectivity index (χ2v) is 6.31. The van der Waals surface area contributed by atoms with Crippen LogP contribution in [0.2, 0.25) is 0 Å². The molecule has 0 aliphatic rings. The molecule has 21 heavy (non-hydrogen) atoms. The van der Waals surface area contributed by atoms with E-state index in [1.807, 2.05) is 0 Å². The van der Waals surface area contributed by atoms with Crippen LogP contribution in [0, 0.1) is 0 Å². The van der Waals surface area contributed by atoms with Crippen LogP contribution < -0.4 is 20.5 Å². The van der Waals surface area contributed by atoms with Gasteiger partial charge in [-0.3, -0.25) is 4.98 Å². The summed E-state index contributed by atoms with van der Waals surface area (Å²) in [4.78, 5) is 18.6. The van der Waals surface area contributed by atoms with Crippen molar-refractivity contribution in [3.05, 3.63) is 85.5 Å². The van der Waals surface area contributed by atoms with Gasteiger partial charge in [-0.05, 0) is 0 Å². The van der Waals surface area contributed by atoms with E-state index in [1.165, 1.54) is 0 Å². The van der Waals surface area contributed by atoms with E-state index in [0.717, 1.165) is 0 Å². The van der Waals surface area contributed by atoms with E-state index in [9.17, 15) is 9.46 Å². The Morgan fingerprint density at radius 1 is 0.810 bits per heavy atom. The average molecular weight is 298 g/mol. The normalized spacial score (nSPS) is 10.3. The fourth-order valence-corrected chi connectivity index (χ4v) is 3.10. The van der Waals surface area contributed by atoms with Gasteiger partial charge in [0.2, 0.25) is 0 Å². The zero-order valence-corrected chi connectivity index (χ0v) is 12.2. The first-order chi connectivity index (χ1) is 10.2. The summed E-state index contributed by atoms with van der Waals surface area (Å²) in [5, 5.41) is 0.715. The molecular formula is C16H15N2O2P. The molecule has 4 nitrogen and oxygen atoms in total. The van der Waals surface area contributed by atoms with Gasteiger partial charge < -0.3 is 9.46 Å². The van der Waals surface area contributed by atoms with Crippen LogP contribution in [0.5, 0.6) is 0 Å². The molecule has 0 atom stereocenters. The summed E-state index contributed by atoms with van der Waals surface area (Å²) >= 11 is 0. The first-order valence-corrected chi connectivity index (χ1v) is 8.02. The summed E-state index contributed by atoms with van der Waals surface area (Å²) in [7, 11) is -3.65. The molecule has 0 fully saturated rings. The van der Waals surface area contributed by atoms with Gasteiger partial charge in [0.05, 0.1) is 19.8 Å². The Morgan fingerprint density at radius 2 is 1.24 bits per heavy atom. The van der Waals surface area contributed by atoms with Crippen molar-refractivity contribution < 1.29 is 14.4 Å². The molecular weight excluding hydrogens is 283 g/mol. The fourth-order valence-electron chi connectivity index (χ4n) is 1.67. The van der Waals surface area contributed by atoms with E-state index in [4.69, 9.17) is 0 Å². The molecule has 0 saturated carbocycles. The zero-order chi connectivity index (χ0) is 15.0. The highest BCUT2D eigenvalue weighted by atomic mass is 31.2. The van der Waals surface area contributed by atoms with E-state index >= 15 is 0 Å². The lowest BCUT2D eigenvalue weighted by molar-refractivity contribution is -0.378. The molecule has 0 spiro atoms. The van der Waals surface area contributed by atoms with Gasteiger partial charge in [0, 0.05) is 10.6 Å². The van der Waals surface area contributed by atoms with Gasteiger partial charge in [0.1, 0.15) is 0 Å². The van der Waals surface area contributed by atoms with Crippen LogP contribution in [0.25, 0.3) is 0 Å². The number of rotatable bonds is 2. The van der Waals surface area contributed by atoms with Crippen LogP contribution in [0.15, 0.2) is 85.5 Å². The van der Waals surface area contributed by atoms with Crippen molar-refractivity contribution in [2.24, 2.45) is 0 Å². The molecule has 0 aliphatic heterocycles. The number of H-pyrrole nitrogens is 1. The second-order valence-electron chi connectivity index (χ2n) is 4.17. The molecule has 0 radical (unpaired) electrons. The molecule has 3 rings (SSSR count). The molecule has 0 aliphatic carbocycles. The van der Waals surface area contributed by atoms with Crippen LogP contribution in [0.4, 0.5) is 0 Å². The summed E-state index contributed by atoms with van der Waals surface area (Å²) in [6.07, 6.45) is 6.92. The maximum atomic E-state index is 12.1.